The number of hydrogen-bond donors (Lipinski definition) is 0. The highest BCUT2D eigenvalue weighted by atomic mass is 35.5. The third-order valence-corrected chi connectivity index (χ3v) is 13.1. The molecule has 4 aliphatic rings. The van der Waals surface area contributed by atoms with E-state index in [1.807, 2.05) is 0 Å². The lowest BCUT2D eigenvalue weighted by Gasteiger charge is -2.58. The molecule has 216 valence electrons. The van der Waals surface area contributed by atoms with E-state index < -0.39 is 0 Å². The van der Waals surface area contributed by atoms with Gasteiger partial charge < -0.3 is 4.74 Å². The van der Waals surface area contributed by atoms with E-state index in [0.717, 1.165) is 60.7 Å². The van der Waals surface area contributed by atoms with Gasteiger partial charge in [0.15, 0.2) is 0 Å². The number of allylic oxidation sites excluding steroid dienone is 1. The summed E-state index contributed by atoms with van der Waals surface area (Å²) in [5.74, 6) is 5.50. The van der Waals surface area contributed by atoms with Crippen LogP contribution in [0.1, 0.15) is 119 Å². The maximum atomic E-state index is 12.4. The second kappa shape index (κ2) is 12.4. The zero-order chi connectivity index (χ0) is 27.8. The summed E-state index contributed by atoms with van der Waals surface area (Å²) in [6.45, 7) is 14.9. The molecule has 0 heterocycles. The van der Waals surface area contributed by atoms with E-state index >= 15 is 0 Å². The van der Waals surface area contributed by atoms with E-state index in [0.29, 0.717) is 5.41 Å². The maximum absolute atomic E-state index is 12.4. The van der Waals surface area contributed by atoms with Crippen LogP contribution >= 0.6 is 34.8 Å². The molecule has 0 bridgehead atoms. The number of esters is 1. The number of carbonyl (C=O) groups is 1. The molecule has 0 aromatic rings. The van der Waals surface area contributed by atoms with Gasteiger partial charge in [-0.15, -0.1) is 0 Å². The maximum Gasteiger partial charge on any atom is 0.311 e. The second-order valence-corrected chi connectivity index (χ2v) is 15.6. The summed E-state index contributed by atoms with van der Waals surface area (Å²) in [6, 6.07) is 0. The van der Waals surface area contributed by atoms with Crippen LogP contribution in [0.4, 0.5) is 0 Å². The van der Waals surface area contributed by atoms with Crippen molar-refractivity contribution in [2.75, 3.05) is 0 Å². The first-order chi connectivity index (χ1) is 17.9. The van der Waals surface area contributed by atoms with Gasteiger partial charge in [0.05, 0.1) is 11.5 Å². The molecule has 0 radical (unpaired) electrons. The summed E-state index contributed by atoms with van der Waals surface area (Å²) in [6.07, 6.45) is 16.2. The smallest absolute Gasteiger partial charge is 0.311 e. The molecule has 4 rings (SSSR count). The van der Waals surface area contributed by atoms with Crippen molar-refractivity contribution in [1.82, 2.24) is 0 Å². The van der Waals surface area contributed by atoms with E-state index in [1.54, 1.807) is 0 Å². The molecule has 0 aromatic heterocycles. The molecule has 38 heavy (non-hydrogen) atoms. The predicted octanol–water partition coefficient (Wildman–Crippen LogP) is 10.9. The van der Waals surface area contributed by atoms with Crippen LogP contribution in [-0.4, -0.2) is 12.1 Å². The van der Waals surface area contributed by atoms with Crippen LogP contribution in [0.5, 0.6) is 0 Å². The summed E-state index contributed by atoms with van der Waals surface area (Å²) >= 11 is 17.4. The SMILES string of the molecule is CC[C@@H](CC[C@@H](C)[C@H]1CC[C@@H]2[C@H]3CC=C4C[C@@H](OC(=O)CC(Cl)=C(Cl)Cl)CC[C@]4(C)[C@H]3CC[C@@]21C)C(C)C. The molecule has 9 atom stereocenters. The van der Waals surface area contributed by atoms with E-state index in [9.17, 15) is 4.79 Å². The van der Waals surface area contributed by atoms with Gasteiger partial charge in [0, 0.05) is 6.42 Å². The predicted molar refractivity (Wildman–Crippen MR) is 161 cm³/mol. The molecule has 3 fully saturated rings. The van der Waals surface area contributed by atoms with Gasteiger partial charge in [-0.05, 0) is 104 Å². The lowest BCUT2D eigenvalue weighted by molar-refractivity contribution is -0.150. The molecular formula is C33H51Cl3O2. The molecule has 5 heteroatoms. The number of ether oxygens (including phenoxy) is 1. The van der Waals surface area contributed by atoms with Crippen LogP contribution in [0, 0.1) is 52.3 Å². The standard InChI is InChI=1S/C33H51Cl3O2/c1-7-22(20(2)3)9-8-21(4)26-12-13-27-25-11-10-23-18-24(38-30(37)19-29(34)31(35)36)14-16-32(23,5)28(25)15-17-33(26,27)6/h10,20-22,24-28H,7-9,11-19H2,1-6H3/t21-,22+,24+,25-,26-,27-,28+,32+,33-/m1/s1. The van der Waals surface area contributed by atoms with Crippen molar-refractivity contribution in [2.24, 2.45) is 52.3 Å². The third-order valence-electron chi connectivity index (χ3n) is 12.1. The summed E-state index contributed by atoms with van der Waals surface area (Å²) in [4.78, 5) is 12.4. The number of carbonyl (C=O) groups excluding carboxylic acids is 1. The Balaban J connectivity index is 1.41. The summed E-state index contributed by atoms with van der Waals surface area (Å²) in [5.41, 5.74) is 2.29. The average molecular weight is 586 g/mol. The molecule has 0 unspecified atom stereocenters. The fourth-order valence-corrected chi connectivity index (χ4v) is 10.1. The Morgan fingerprint density at radius 1 is 1.03 bits per heavy atom. The zero-order valence-electron chi connectivity index (χ0n) is 24.6. The lowest BCUT2D eigenvalue weighted by Crippen LogP contribution is -2.51. The largest absolute Gasteiger partial charge is 0.462 e. The third kappa shape index (κ3) is 6.04. The second-order valence-electron chi connectivity index (χ2n) is 14.2. The molecule has 0 N–H and O–H groups in total. The Bertz CT molecular complexity index is 921. The fourth-order valence-electron chi connectivity index (χ4n) is 9.81. The Morgan fingerprint density at radius 2 is 1.76 bits per heavy atom. The first kappa shape index (κ1) is 30.8. The Hall–Kier alpha value is -0.180. The van der Waals surface area contributed by atoms with Gasteiger partial charge in [-0.3, -0.25) is 4.79 Å². The van der Waals surface area contributed by atoms with Gasteiger partial charge in [-0.1, -0.05) is 101 Å². The minimum atomic E-state index is -0.338. The molecule has 2 nitrogen and oxygen atoms in total. The Kier molecular flexibility index (Phi) is 10.0. The van der Waals surface area contributed by atoms with Crippen molar-refractivity contribution in [3.8, 4) is 0 Å². The molecule has 0 amide bonds. The van der Waals surface area contributed by atoms with Gasteiger partial charge in [0.25, 0.3) is 0 Å². The summed E-state index contributed by atoms with van der Waals surface area (Å²) in [7, 11) is 0. The van der Waals surface area contributed by atoms with Gasteiger partial charge in [0.1, 0.15) is 10.6 Å². The van der Waals surface area contributed by atoms with Crippen LogP contribution in [0.3, 0.4) is 0 Å². The van der Waals surface area contributed by atoms with Gasteiger partial charge >= 0.3 is 5.97 Å². The highest BCUT2D eigenvalue weighted by Gasteiger charge is 2.59. The van der Waals surface area contributed by atoms with Gasteiger partial charge in [0.2, 0.25) is 0 Å². The van der Waals surface area contributed by atoms with Gasteiger partial charge in [-0.2, -0.15) is 0 Å². The topological polar surface area (TPSA) is 26.3 Å². The van der Waals surface area contributed by atoms with Crippen LogP contribution < -0.4 is 0 Å². The molecular weight excluding hydrogens is 535 g/mol. The van der Waals surface area contributed by atoms with Crippen molar-refractivity contribution in [3.05, 3.63) is 21.2 Å². The zero-order valence-corrected chi connectivity index (χ0v) is 26.9. The van der Waals surface area contributed by atoms with Crippen molar-refractivity contribution in [1.29, 1.82) is 0 Å². The van der Waals surface area contributed by atoms with Crippen LogP contribution in [0.2, 0.25) is 0 Å². The van der Waals surface area contributed by atoms with E-state index in [-0.39, 0.29) is 33.4 Å². The molecule has 0 saturated heterocycles. The highest BCUT2D eigenvalue weighted by Crippen LogP contribution is 2.67. The first-order valence-corrected chi connectivity index (χ1v) is 16.6. The first-order valence-electron chi connectivity index (χ1n) is 15.5. The molecule has 3 saturated carbocycles. The van der Waals surface area contributed by atoms with E-state index in [4.69, 9.17) is 39.5 Å². The summed E-state index contributed by atoms with van der Waals surface area (Å²) in [5, 5.41) is 0.151. The molecule has 4 aliphatic carbocycles. The fraction of sp³-hybridized carbons (Fsp3) is 0.848. The normalized spacial score (nSPS) is 37.9. The van der Waals surface area contributed by atoms with E-state index in [1.165, 1.54) is 56.9 Å². The minimum absolute atomic E-state index is 0.0577. The van der Waals surface area contributed by atoms with Crippen LogP contribution in [0.15, 0.2) is 21.2 Å². The van der Waals surface area contributed by atoms with Crippen molar-refractivity contribution in [3.63, 3.8) is 0 Å². The van der Waals surface area contributed by atoms with Crippen molar-refractivity contribution < 1.29 is 9.53 Å². The average Bonchev–Trinajstić information content (AvgIpc) is 3.21. The minimum Gasteiger partial charge on any atom is -0.462 e. The Morgan fingerprint density at radius 3 is 2.42 bits per heavy atom. The number of rotatable bonds is 9. The monoisotopic (exact) mass is 584 g/mol. The molecule has 0 spiro atoms. The number of hydrogen-bond acceptors (Lipinski definition) is 2. The Labute approximate surface area is 247 Å². The quantitative estimate of drug-likeness (QED) is 0.199. The van der Waals surface area contributed by atoms with Crippen molar-refractivity contribution >= 4 is 40.8 Å². The van der Waals surface area contributed by atoms with Crippen LogP contribution in [-0.2, 0) is 9.53 Å². The molecule has 0 aliphatic heterocycles. The number of halogens is 3. The van der Waals surface area contributed by atoms with Gasteiger partial charge in [-0.25, -0.2) is 0 Å². The van der Waals surface area contributed by atoms with Crippen molar-refractivity contribution in [2.45, 2.75) is 125 Å². The number of fused-ring (bicyclic) bond motifs is 5. The lowest BCUT2D eigenvalue weighted by atomic mass is 9.47. The van der Waals surface area contributed by atoms with E-state index in [2.05, 4.69) is 47.6 Å². The van der Waals surface area contributed by atoms with Crippen LogP contribution in [0.25, 0.3) is 0 Å². The highest BCUT2D eigenvalue weighted by molar-refractivity contribution is 6.59. The molecule has 0 aromatic carbocycles. The summed E-state index contributed by atoms with van der Waals surface area (Å²) < 4.78 is 5.75.